The number of hydrogen-bond acceptors (Lipinski definition) is 3. The Bertz CT molecular complexity index is 848. The van der Waals surface area contributed by atoms with Gasteiger partial charge in [0.05, 0.1) is 5.92 Å². The van der Waals surface area contributed by atoms with Gasteiger partial charge in [-0.05, 0) is 55.6 Å². The molecule has 1 amide bonds. The highest BCUT2D eigenvalue weighted by molar-refractivity contribution is 5.80. The van der Waals surface area contributed by atoms with Gasteiger partial charge in [-0.15, -0.1) is 0 Å². The van der Waals surface area contributed by atoms with Crippen LogP contribution in [-0.4, -0.2) is 54.5 Å². The zero-order chi connectivity index (χ0) is 19.8. The quantitative estimate of drug-likeness (QED) is 0.796. The van der Waals surface area contributed by atoms with Gasteiger partial charge < -0.3 is 9.80 Å². The van der Waals surface area contributed by atoms with Crippen molar-refractivity contribution in [3.05, 3.63) is 66.0 Å². The maximum atomic E-state index is 13.4. The third-order valence-electron chi connectivity index (χ3n) is 6.97. The van der Waals surface area contributed by atoms with Crippen LogP contribution in [0.15, 0.2) is 54.6 Å². The molecule has 3 fully saturated rings. The van der Waals surface area contributed by atoms with E-state index in [-0.39, 0.29) is 11.7 Å². The van der Waals surface area contributed by atoms with E-state index < -0.39 is 0 Å². The molecule has 0 saturated carbocycles. The molecule has 3 atom stereocenters. The Morgan fingerprint density at radius 2 is 1.62 bits per heavy atom. The molecule has 0 spiro atoms. The fourth-order valence-electron chi connectivity index (χ4n) is 5.51. The number of carbonyl (C=O) groups is 1. The molecule has 4 nitrogen and oxygen atoms in total. The Morgan fingerprint density at radius 1 is 0.897 bits per heavy atom. The van der Waals surface area contributed by atoms with Gasteiger partial charge in [-0.25, -0.2) is 4.39 Å². The monoisotopic (exact) mass is 393 g/mol. The van der Waals surface area contributed by atoms with Gasteiger partial charge in [0.15, 0.2) is 0 Å². The van der Waals surface area contributed by atoms with Crippen LogP contribution in [0.2, 0.25) is 0 Å². The van der Waals surface area contributed by atoms with Crippen LogP contribution in [-0.2, 0) is 4.79 Å². The number of carbonyl (C=O) groups excluding carboxylic acids is 1. The molecule has 2 aromatic rings. The number of rotatable bonds is 3. The van der Waals surface area contributed by atoms with Gasteiger partial charge >= 0.3 is 0 Å². The summed E-state index contributed by atoms with van der Waals surface area (Å²) >= 11 is 0. The number of hydrogen-bond donors (Lipinski definition) is 0. The summed E-state index contributed by atoms with van der Waals surface area (Å²) in [6, 6.07) is 18.1. The number of benzene rings is 2. The number of anilines is 1. The maximum Gasteiger partial charge on any atom is 0.227 e. The molecule has 0 bridgehead atoms. The summed E-state index contributed by atoms with van der Waals surface area (Å²) < 4.78 is 13.2. The minimum atomic E-state index is -0.210. The average molecular weight is 394 g/mol. The average Bonchev–Trinajstić information content (AvgIpc) is 3.37. The largest absolute Gasteiger partial charge is 0.368 e. The molecule has 5 heteroatoms. The Morgan fingerprint density at radius 3 is 2.34 bits per heavy atom. The lowest BCUT2D eigenvalue weighted by Crippen LogP contribution is -2.51. The fourth-order valence-corrected chi connectivity index (χ4v) is 5.51. The van der Waals surface area contributed by atoms with Crippen molar-refractivity contribution in [3.63, 3.8) is 0 Å². The molecule has 2 aromatic carbocycles. The van der Waals surface area contributed by atoms with Gasteiger partial charge in [-0.1, -0.05) is 30.3 Å². The van der Waals surface area contributed by atoms with Crippen LogP contribution in [0.4, 0.5) is 10.1 Å². The first-order valence-electron chi connectivity index (χ1n) is 10.8. The molecule has 0 radical (unpaired) electrons. The number of halogens is 1. The molecule has 0 aliphatic carbocycles. The summed E-state index contributed by atoms with van der Waals surface area (Å²) in [6.07, 6.45) is 3.26. The summed E-state index contributed by atoms with van der Waals surface area (Å²) in [6.45, 7) is 4.21. The molecule has 0 unspecified atom stereocenters. The second-order valence-electron chi connectivity index (χ2n) is 8.50. The molecule has 3 aliphatic heterocycles. The van der Waals surface area contributed by atoms with Crippen molar-refractivity contribution in [2.75, 3.05) is 37.6 Å². The van der Waals surface area contributed by atoms with Crippen LogP contribution in [0.3, 0.4) is 0 Å². The predicted octanol–water partition coefficient (Wildman–Crippen LogP) is 3.70. The van der Waals surface area contributed by atoms with Crippen LogP contribution in [0, 0.1) is 11.7 Å². The van der Waals surface area contributed by atoms with Crippen LogP contribution in [0.25, 0.3) is 0 Å². The highest BCUT2D eigenvalue weighted by Crippen LogP contribution is 2.45. The van der Waals surface area contributed by atoms with Gasteiger partial charge in [0, 0.05) is 44.0 Å². The number of piperazine rings is 1. The van der Waals surface area contributed by atoms with E-state index in [1.165, 1.54) is 24.1 Å². The normalized spacial score (nSPS) is 27.3. The van der Waals surface area contributed by atoms with E-state index in [4.69, 9.17) is 0 Å². The smallest absolute Gasteiger partial charge is 0.227 e. The van der Waals surface area contributed by atoms with Gasteiger partial charge in [-0.2, -0.15) is 0 Å². The molecule has 5 rings (SSSR count). The molecule has 152 valence electrons. The first kappa shape index (κ1) is 18.6. The summed E-state index contributed by atoms with van der Waals surface area (Å²) in [4.78, 5) is 20.3. The van der Waals surface area contributed by atoms with Gasteiger partial charge in [0.25, 0.3) is 0 Å². The Kier molecular flexibility index (Phi) is 5.00. The SMILES string of the molecule is O=C([C@H]1C[C@@H](c2ccccc2)N2CCC[C@H]12)N1CCN(c2ccc(F)cc2)CC1. The van der Waals surface area contributed by atoms with Crippen molar-refractivity contribution in [1.29, 1.82) is 0 Å². The number of nitrogens with zero attached hydrogens (tertiary/aromatic N) is 3. The van der Waals surface area contributed by atoms with Crippen LogP contribution in [0.1, 0.15) is 30.9 Å². The van der Waals surface area contributed by atoms with E-state index in [9.17, 15) is 9.18 Å². The predicted molar refractivity (Wildman–Crippen MR) is 112 cm³/mol. The Labute approximate surface area is 171 Å². The lowest BCUT2D eigenvalue weighted by molar-refractivity contribution is -0.136. The maximum absolute atomic E-state index is 13.4. The lowest BCUT2D eigenvalue weighted by atomic mass is 9.93. The fraction of sp³-hybridized carbons (Fsp3) is 0.458. The van der Waals surface area contributed by atoms with Crippen molar-refractivity contribution >= 4 is 11.6 Å². The molecule has 0 N–H and O–H groups in total. The Hall–Kier alpha value is -2.40. The van der Waals surface area contributed by atoms with Crippen molar-refractivity contribution in [1.82, 2.24) is 9.80 Å². The first-order valence-corrected chi connectivity index (χ1v) is 10.8. The van der Waals surface area contributed by atoms with Gasteiger partial charge in [0.1, 0.15) is 5.82 Å². The van der Waals surface area contributed by atoms with E-state index in [0.29, 0.717) is 18.0 Å². The zero-order valence-electron chi connectivity index (χ0n) is 16.7. The second-order valence-corrected chi connectivity index (χ2v) is 8.50. The van der Waals surface area contributed by atoms with E-state index in [1.807, 2.05) is 12.1 Å². The molecule has 3 aliphatic rings. The lowest BCUT2D eigenvalue weighted by Gasteiger charge is -2.37. The van der Waals surface area contributed by atoms with E-state index in [2.05, 4.69) is 45.0 Å². The standard InChI is InChI=1S/C24H28FN3O/c25-19-8-10-20(11-9-19)26-13-15-27(16-14-26)24(29)21-17-23(18-5-2-1-3-6-18)28-12-4-7-22(21)28/h1-3,5-6,8-11,21-23H,4,7,12-17H2/t21-,22+,23-/m0/s1. The van der Waals surface area contributed by atoms with E-state index in [1.54, 1.807) is 0 Å². The van der Waals surface area contributed by atoms with Crippen LogP contribution >= 0.6 is 0 Å². The number of amides is 1. The van der Waals surface area contributed by atoms with Crippen molar-refractivity contribution in [3.8, 4) is 0 Å². The molecular weight excluding hydrogens is 365 g/mol. The highest BCUT2D eigenvalue weighted by Gasteiger charge is 2.48. The van der Waals surface area contributed by atoms with Crippen molar-refractivity contribution in [2.45, 2.75) is 31.3 Å². The second kappa shape index (κ2) is 7.79. The summed E-state index contributed by atoms with van der Waals surface area (Å²) in [5.74, 6) is 0.233. The molecule has 29 heavy (non-hydrogen) atoms. The minimum Gasteiger partial charge on any atom is -0.368 e. The zero-order valence-corrected chi connectivity index (χ0v) is 16.7. The molecule has 0 aromatic heterocycles. The van der Waals surface area contributed by atoms with E-state index in [0.717, 1.165) is 51.3 Å². The van der Waals surface area contributed by atoms with Crippen LogP contribution in [0.5, 0.6) is 0 Å². The molecular formula is C24H28FN3O. The van der Waals surface area contributed by atoms with Crippen molar-refractivity contribution < 1.29 is 9.18 Å². The van der Waals surface area contributed by atoms with Crippen molar-refractivity contribution in [2.24, 2.45) is 5.92 Å². The summed E-state index contributed by atoms with van der Waals surface area (Å²) in [5, 5.41) is 0. The molecule has 3 saturated heterocycles. The van der Waals surface area contributed by atoms with Gasteiger partial charge in [0.2, 0.25) is 5.91 Å². The number of fused-ring (bicyclic) bond motifs is 1. The van der Waals surface area contributed by atoms with Gasteiger partial charge in [-0.3, -0.25) is 9.69 Å². The van der Waals surface area contributed by atoms with E-state index >= 15 is 0 Å². The summed E-state index contributed by atoms with van der Waals surface area (Å²) in [5.41, 5.74) is 2.38. The minimum absolute atomic E-state index is 0.111. The van der Waals surface area contributed by atoms with Crippen LogP contribution < -0.4 is 4.90 Å². The third-order valence-corrected chi connectivity index (χ3v) is 6.97. The first-order chi connectivity index (χ1) is 14.2. The molecule has 3 heterocycles. The summed E-state index contributed by atoms with van der Waals surface area (Å²) in [7, 11) is 0. The Balaban J connectivity index is 1.26. The topological polar surface area (TPSA) is 26.8 Å². The third kappa shape index (κ3) is 3.52. The highest BCUT2D eigenvalue weighted by atomic mass is 19.1.